The van der Waals surface area contributed by atoms with Crippen molar-refractivity contribution in [1.29, 1.82) is 5.26 Å². The number of amides is 1. The number of carbonyl (C=O) groups is 1. The van der Waals surface area contributed by atoms with Crippen LogP contribution in [-0.2, 0) is 9.53 Å². The first kappa shape index (κ1) is 19.4. The largest absolute Gasteiger partial charge is 0.378 e. The van der Waals surface area contributed by atoms with Crippen LogP contribution in [0.25, 0.3) is 6.08 Å². The Hall–Kier alpha value is -2.32. The van der Waals surface area contributed by atoms with Gasteiger partial charge in [-0.1, -0.05) is 13.0 Å². The number of benzene rings is 1. The van der Waals surface area contributed by atoms with Gasteiger partial charge in [-0.3, -0.25) is 4.79 Å². The lowest BCUT2D eigenvalue weighted by Crippen LogP contribution is -2.48. The lowest BCUT2D eigenvalue weighted by Gasteiger charge is -2.47. The minimum absolute atomic E-state index is 0.128. The molecule has 2 heterocycles. The highest BCUT2D eigenvalue weighted by Crippen LogP contribution is 2.43. The summed E-state index contributed by atoms with van der Waals surface area (Å²) in [6.45, 7) is 12.1. The van der Waals surface area contributed by atoms with Crippen molar-refractivity contribution in [1.82, 2.24) is 4.90 Å². The van der Waals surface area contributed by atoms with Gasteiger partial charge in [-0.2, -0.15) is 5.26 Å². The number of morpholine rings is 1. The van der Waals surface area contributed by atoms with E-state index in [1.807, 2.05) is 6.07 Å². The molecule has 1 amide bonds. The SMILES string of the molecule is CCN1c2ccc(/C=C(\C#N)C(=O)N3CCOCC3)cc2C(C)CC1(C)C. The zero-order valence-corrected chi connectivity index (χ0v) is 16.8. The van der Waals surface area contributed by atoms with Gasteiger partial charge in [-0.15, -0.1) is 0 Å². The van der Waals surface area contributed by atoms with Crippen LogP contribution >= 0.6 is 0 Å². The zero-order valence-electron chi connectivity index (χ0n) is 16.8. The van der Waals surface area contributed by atoms with Crippen LogP contribution in [0.5, 0.6) is 0 Å². The molecule has 1 saturated heterocycles. The van der Waals surface area contributed by atoms with Crippen molar-refractivity contribution >= 4 is 17.7 Å². The number of fused-ring (bicyclic) bond motifs is 1. The number of hydrogen-bond donors (Lipinski definition) is 0. The monoisotopic (exact) mass is 367 g/mol. The highest BCUT2D eigenvalue weighted by molar-refractivity contribution is 6.01. The highest BCUT2D eigenvalue weighted by Gasteiger charge is 2.35. The number of nitrogens with zero attached hydrogens (tertiary/aromatic N) is 3. The van der Waals surface area contributed by atoms with Gasteiger partial charge in [0.05, 0.1) is 13.2 Å². The molecule has 1 aromatic rings. The van der Waals surface area contributed by atoms with E-state index in [0.717, 1.165) is 18.5 Å². The Balaban J connectivity index is 1.92. The van der Waals surface area contributed by atoms with Gasteiger partial charge in [-0.05, 0) is 62.4 Å². The Morgan fingerprint density at radius 3 is 2.70 bits per heavy atom. The topological polar surface area (TPSA) is 56.6 Å². The molecule has 0 aromatic heterocycles. The molecule has 5 heteroatoms. The fourth-order valence-electron chi connectivity index (χ4n) is 4.44. The van der Waals surface area contributed by atoms with Crippen molar-refractivity contribution in [2.45, 2.75) is 45.6 Å². The second-order valence-electron chi connectivity index (χ2n) is 8.05. The fraction of sp³-hybridized carbons (Fsp3) is 0.545. The van der Waals surface area contributed by atoms with E-state index >= 15 is 0 Å². The zero-order chi connectivity index (χ0) is 19.6. The quantitative estimate of drug-likeness (QED) is 0.605. The van der Waals surface area contributed by atoms with Crippen LogP contribution in [-0.4, -0.2) is 49.2 Å². The summed E-state index contributed by atoms with van der Waals surface area (Å²) in [5, 5.41) is 9.52. The van der Waals surface area contributed by atoms with Gasteiger partial charge in [0, 0.05) is 30.9 Å². The summed E-state index contributed by atoms with van der Waals surface area (Å²) in [6, 6.07) is 8.38. The summed E-state index contributed by atoms with van der Waals surface area (Å²) >= 11 is 0. The van der Waals surface area contributed by atoms with Gasteiger partial charge in [0.1, 0.15) is 11.6 Å². The van der Waals surface area contributed by atoms with Crippen LogP contribution in [0.1, 0.15) is 51.2 Å². The molecule has 0 N–H and O–H groups in total. The predicted molar refractivity (Wildman–Crippen MR) is 108 cm³/mol. The molecule has 1 fully saturated rings. The average molecular weight is 367 g/mol. The van der Waals surface area contributed by atoms with Crippen molar-refractivity contribution in [3.63, 3.8) is 0 Å². The Morgan fingerprint density at radius 1 is 1.37 bits per heavy atom. The maximum absolute atomic E-state index is 12.6. The van der Waals surface area contributed by atoms with Gasteiger partial charge in [0.15, 0.2) is 0 Å². The third-order valence-electron chi connectivity index (χ3n) is 5.69. The van der Waals surface area contributed by atoms with Crippen molar-refractivity contribution in [2.24, 2.45) is 0 Å². The summed E-state index contributed by atoms with van der Waals surface area (Å²) in [5.74, 6) is 0.231. The molecular formula is C22H29N3O2. The molecule has 1 aromatic carbocycles. The Bertz CT molecular complexity index is 785. The van der Waals surface area contributed by atoms with Crippen LogP contribution in [0, 0.1) is 11.3 Å². The lowest BCUT2D eigenvalue weighted by molar-refractivity contribution is -0.130. The first-order valence-corrected chi connectivity index (χ1v) is 9.77. The Kier molecular flexibility index (Phi) is 5.57. The summed E-state index contributed by atoms with van der Waals surface area (Å²) in [6.07, 6.45) is 2.81. The molecule has 27 heavy (non-hydrogen) atoms. The molecule has 144 valence electrons. The van der Waals surface area contributed by atoms with E-state index in [0.29, 0.717) is 32.2 Å². The number of rotatable bonds is 3. The molecule has 5 nitrogen and oxygen atoms in total. The standard InChI is InChI=1S/C22H29N3O2/c1-5-25-20-7-6-17(13-19(20)16(2)14-22(25,3)4)12-18(15-23)21(26)24-8-10-27-11-9-24/h6-7,12-13,16H,5,8-11,14H2,1-4H3/b18-12+. The van der Waals surface area contributed by atoms with Crippen molar-refractivity contribution < 1.29 is 9.53 Å². The van der Waals surface area contributed by atoms with Crippen molar-refractivity contribution in [2.75, 3.05) is 37.7 Å². The van der Waals surface area contributed by atoms with Gasteiger partial charge in [-0.25, -0.2) is 0 Å². The average Bonchev–Trinajstić information content (AvgIpc) is 2.66. The lowest BCUT2D eigenvalue weighted by atomic mass is 9.79. The number of carbonyl (C=O) groups excluding carboxylic acids is 1. The maximum Gasteiger partial charge on any atom is 0.264 e. The third-order valence-corrected chi connectivity index (χ3v) is 5.69. The molecule has 2 aliphatic heterocycles. The number of anilines is 1. The second-order valence-corrected chi connectivity index (χ2v) is 8.05. The smallest absolute Gasteiger partial charge is 0.264 e. The van der Waals surface area contributed by atoms with E-state index in [1.165, 1.54) is 11.3 Å². The molecule has 0 bridgehead atoms. The van der Waals surface area contributed by atoms with Crippen LogP contribution in [0.3, 0.4) is 0 Å². The molecule has 0 radical (unpaired) electrons. The highest BCUT2D eigenvalue weighted by atomic mass is 16.5. The van der Waals surface area contributed by atoms with E-state index in [1.54, 1.807) is 11.0 Å². The molecule has 0 aliphatic carbocycles. The molecule has 2 aliphatic rings. The molecule has 1 unspecified atom stereocenters. The van der Waals surface area contributed by atoms with Crippen LogP contribution in [0.4, 0.5) is 5.69 Å². The van der Waals surface area contributed by atoms with Crippen LogP contribution in [0.15, 0.2) is 23.8 Å². The Morgan fingerprint density at radius 2 is 2.07 bits per heavy atom. The number of ether oxygens (including phenoxy) is 1. The minimum Gasteiger partial charge on any atom is -0.378 e. The summed E-state index contributed by atoms with van der Waals surface area (Å²) in [5.41, 5.74) is 3.78. The number of hydrogen-bond acceptors (Lipinski definition) is 4. The van der Waals surface area contributed by atoms with Crippen molar-refractivity contribution in [3.8, 4) is 6.07 Å². The van der Waals surface area contributed by atoms with Crippen LogP contribution < -0.4 is 4.90 Å². The second kappa shape index (κ2) is 7.74. The molecular weight excluding hydrogens is 338 g/mol. The van der Waals surface area contributed by atoms with Crippen LogP contribution in [0.2, 0.25) is 0 Å². The summed E-state index contributed by atoms with van der Waals surface area (Å²) < 4.78 is 5.29. The van der Waals surface area contributed by atoms with E-state index in [2.05, 4.69) is 50.8 Å². The number of nitriles is 1. The van der Waals surface area contributed by atoms with E-state index in [9.17, 15) is 10.1 Å². The third kappa shape index (κ3) is 3.86. The van der Waals surface area contributed by atoms with E-state index in [-0.39, 0.29) is 17.0 Å². The first-order chi connectivity index (χ1) is 12.9. The Labute approximate surface area is 162 Å². The fourth-order valence-corrected chi connectivity index (χ4v) is 4.44. The molecule has 3 rings (SSSR count). The van der Waals surface area contributed by atoms with E-state index < -0.39 is 0 Å². The molecule has 0 spiro atoms. The van der Waals surface area contributed by atoms with E-state index in [4.69, 9.17) is 4.74 Å². The minimum atomic E-state index is -0.206. The molecule has 1 atom stereocenters. The summed E-state index contributed by atoms with van der Waals surface area (Å²) in [4.78, 5) is 16.8. The predicted octanol–water partition coefficient (Wildman–Crippen LogP) is 3.56. The van der Waals surface area contributed by atoms with Gasteiger partial charge in [0.25, 0.3) is 5.91 Å². The first-order valence-electron chi connectivity index (χ1n) is 9.77. The van der Waals surface area contributed by atoms with Crippen molar-refractivity contribution in [3.05, 3.63) is 34.9 Å². The molecule has 0 saturated carbocycles. The normalized spacial score (nSPS) is 22.2. The van der Waals surface area contributed by atoms with Gasteiger partial charge < -0.3 is 14.5 Å². The van der Waals surface area contributed by atoms with Gasteiger partial charge in [0.2, 0.25) is 0 Å². The summed E-state index contributed by atoms with van der Waals surface area (Å²) in [7, 11) is 0. The van der Waals surface area contributed by atoms with Gasteiger partial charge >= 0.3 is 0 Å². The maximum atomic E-state index is 12.6.